The maximum Gasteiger partial charge on any atom is 0.387 e. The number of methoxy groups -OCH3 is 1. The number of benzene rings is 2. The fourth-order valence-corrected chi connectivity index (χ4v) is 2.47. The van der Waals surface area contributed by atoms with Crippen LogP contribution in [0.25, 0.3) is 0 Å². The number of alkyl halides is 2. The smallest absolute Gasteiger partial charge is 0.387 e. The van der Waals surface area contributed by atoms with Gasteiger partial charge in [-0.3, -0.25) is 4.79 Å². The van der Waals surface area contributed by atoms with E-state index in [9.17, 15) is 13.6 Å². The Morgan fingerprint density at radius 3 is 2.61 bits per heavy atom. The Labute approximate surface area is 168 Å². The van der Waals surface area contributed by atoms with Crippen molar-refractivity contribution in [2.45, 2.75) is 19.6 Å². The third-order valence-electron chi connectivity index (χ3n) is 3.45. The first-order chi connectivity index (χ1) is 13.3. The second-order valence-electron chi connectivity index (χ2n) is 5.47. The number of nitrogens with one attached hydrogen (secondary N) is 1. The molecule has 1 atom stereocenters. The van der Waals surface area contributed by atoms with Crippen molar-refractivity contribution in [2.24, 2.45) is 10.9 Å². The number of carbonyl (C=O) groups excluding carboxylic acids is 1. The summed E-state index contributed by atoms with van der Waals surface area (Å²) >= 11 is 3.31. The van der Waals surface area contributed by atoms with Crippen molar-refractivity contribution in [1.29, 1.82) is 0 Å². The largest absolute Gasteiger partial charge is 0.493 e. The van der Waals surface area contributed by atoms with Crippen LogP contribution in [-0.4, -0.2) is 31.6 Å². The molecule has 2 aromatic carbocycles. The molecule has 0 saturated carbocycles. The van der Waals surface area contributed by atoms with Crippen LogP contribution in [0.1, 0.15) is 12.5 Å². The van der Waals surface area contributed by atoms with Crippen LogP contribution in [0.15, 0.2) is 52.1 Å². The summed E-state index contributed by atoms with van der Waals surface area (Å²) in [4.78, 5) is 17.3. The summed E-state index contributed by atoms with van der Waals surface area (Å²) in [5, 5.41) is 6.40. The van der Waals surface area contributed by atoms with Crippen LogP contribution in [0.5, 0.6) is 11.5 Å². The highest BCUT2D eigenvalue weighted by atomic mass is 79.9. The van der Waals surface area contributed by atoms with Crippen molar-refractivity contribution >= 4 is 33.4 Å². The lowest BCUT2D eigenvalue weighted by Gasteiger charge is -2.13. The van der Waals surface area contributed by atoms with Crippen LogP contribution < -0.4 is 20.5 Å². The average molecular weight is 458 g/mol. The highest BCUT2D eigenvalue weighted by molar-refractivity contribution is 9.10. The predicted molar refractivity (Wildman–Crippen MR) is 104 cm³/mol. The van der Waals surface area contributed by atoms with Crippen LogP contribution in [-0.2, 0) is 9.63 Å². The highest BCUT2D eigenvalue weighted by Crippen LogP contribution is 2.29. The van der Waals surface area contributed by atoms with Crippen molar-refractivity contribution in [3.8, 4) is 11.5 Å². The maximum atomic E-state index is 12.4. The minimum Gasteiger partial charge on any atom is -0.493 e. The standard InChI is InChI=1S/C18H18BrF2N3O4/c1-10(17(25)23-13-5-3-4-12(19)9-13)28-24-16(22)11-6-7-14(27-18(20)21)15(8-11)26-2/h3-10,18H,1-2H3,(H2,22,24)(H,23,25). The van der Waals surface area contributed by atoms with Gasteiger partial charge in [0, 0.05) is 15.7 Å². The van der Waals surface area contributed by atoms with E-state index >= 15 is 0 Å². The van der Waals surface area contributed by atoms with E-state index in [2.05, 4.69) is 31.1 Å². The molecular formula is C18H18BrF2N3O4. The molecule has 3 N–H and O–H groups in total. The summed E-state index contributed by atoms with van der Waals surface area (Å²) in [6, 6.07) is 11.1. The number of amides is 1. The van der Waals surface area contributed by atoms with Crippen molar-refractivity contribution in [2.75, 3.05) is 12.4 Å². The van der Waals surface area contributed by atoms with E-state index in [0.717, 1.165) is 4.47 Å². The molecule has 0 radical (unpaired) electrons. The Morgan fingerprint density at radius 1 is 1.21 bits per heavy atom. The van der Waals surface area contributed by atoms with Crippen molar-refractivity contribution in [3.05, 3.63) is 52.5 Å². The van der Waals surface area contributed by atoms with Crippen molar-refractivity contribution in [3.63, 3.8) is 0 Å². The normalized spacial score (nSPS) is 12.4. The van der Waals surface area contributed by atoms with E-state index in [1.54, 1.807) is 18.2 Å². The van der Waals surface area contributed by atoms with E-state index in [4.69, 9.17) is 15.3 Å². The van der Waals surface area contributed by atoms with Crippen molar-refractivity contribution in [1.82, 2.24) is 0 Å². The molecule has 0 bridgehead atoms. The zero-order valence-electron chi connectivity index (χ0n) is 15.0. The van der Waals surface area contributed by atoms with Gasteiger partial charge in [-0.1, -0.05) is 27.2 Å². The molecule has 0 fully saturated rings. The molecule has 1 amide bonds. The van der Waals surface area contributed by atoms with E-state index in [1.807, 2.05) is 6.07 Å². The monoisotopic (exact) mass is 457 g/mol. The molecular weight excluding hydrogens is 440 g/mol. The SMILES string of the molecule is COc1cc(/C(N)=N/OC(C)C(=O)Nc2cccc(Br)c2)ccc1OC(F)F. The number of hydrogen-bond acceptors (Lipinski definition) is 5. The van der Waals surface area contributed by atoms with Crippen LogP contribution in [0, 0.1) is 0 Å². The van der Waals surface area contributed by atoms with Crippen LogP contribution in [0.3, 0.4) is 0 Å². The predicted octanol–water partition coefficient (Wildman–Crippen LogP) is 3.72. The first kappa shape index (κ1) is 21.4. The lowest BCUT2D eigenvalue weighted by Crippen LogP contribution is -2.27. The van der Waals surface area contributed by atoms with Gasteiger partial charge >= 0.3 is 6.61 Å². The maximum absolute atomic E-state index is 12.4. The lowest BCUT2D eigenvalue weighted by molar-refractivity contribution is -0.126. The van der Waals surface area contributed by atoms with Gasteiger partial charge < -0.3 is 25.4 Å². The Bertz CT molecular complexity index is 864. The number of nitrogens with two attached hydrogens (primary N) is 1. The number of oxime groups is 1. The third kappa shape index (κ3) is 6.08. The van der Waals surface area contributed by atoms with E-state index < -0.39 is 18.6 Å². The van der Waals surface area contributed by atoms with Gasteiger partial charge in [-0.15, -0.1) is 0 Å². The third-order valence-corrected chi connectivity index (χ3v) is 3.94. The molecule has 0 aliphatic carbocycles. The summed E-state index contributed by atoms with van der Waals surface area (Å²) in [5.41, 5.74) is 6.77. The second-order valence-corrected chi connectivity index (χ2v) is 6.38. The summed E-state index contributed by atoms with van der Waals surface area (Å²) in [6.45, 7) is -1.48. The topological polar surface area (TPSA) is 95.2 Å². The summed E-state index contributed by atoms with van der Waals surface area (Å²) < 4.78 is 34.9. The van der Waals surface area contributed by atoms with E-state index in [1.165, 1.54) is 32.2 Å². The van der Waals surface area contributed by atoms with Crippen molar-refractivity contribution < 1.29 is 27.9 Å². The number of ether oxygens (including phenoxy) is 2. The first-order valence-corrected chi connectivity index (χ1v) is 8.78. The van der Waals surface area contributed by atoms with Crippen LogP contribution >= 0.6 is 15.9 Å². The summed E-state index contributed by atoms with van der Waals surface area (Å²) in [5.74, 6) is -0.579. The molecule has 0 spiro atoms. The number of amidine groups is 1. The number of nitrogens with zero attached hydrogens (tertiary/aromatic N) is 1. The van der Waals surface area contributed by atoms with Gasteiger partial charge in [0.2, 0.25) is 6.10 Å². The first-order valence-electron chi connectivity index (χ1n) is 7.99. The molecule has 2 aromatic rings. The summed E-state index contributed by atoms with van der Waals surface area (Å²) in [7, 11) is 1.30. The average Bonchev–Trinajstić information content (AvgIpc) is 2.65. The number of halogens is 3. The minimum absolute atomic E-state index is 0.0522. The number of rotatable bonds is 8. The molecule has 1 unspecified atom stereocenters. The molecule has 0 aromatic heterocycles. The van der Waals surface area contributed by atoms with E-state index in [-0.39, 0.29) is 17.3 Å². The van der Waals surface area contributed by atoms with Gasteiger partial charge in [0.1, 0.15) is 0 Å². The van der Waals surface area contributed by atoms with Gasteiger partial charge in [0.15, 0.2) is 17.3 Å². The minimum atomic E-state index is -2.99. The molecule has 0 saturated heterocycles. The Morgan fingerprint density at radius 2 is 1.96 bits per heavy atom. The molecule has 0 aliphatic rings. The molecule has 0 aliphatic heterocycles. The molecule has 10 heteroatoms. The molecule has 2 rings (SSSR count). The molecule has 7 nitrogen and oxygen atoms in total. The van der Waals surface area contributed by atoms with Gasteiger partial charge in [-0.2, -0.15) is 8.78 Å². The van der Waals surface area contributed by atoms with Gasteiger partial charge in [-0.25, -0.2) is 0 Å². The fourth-order valence-electron chi connectivity index (χ4n) is 2.07. The Kier molecular flexibility index (Phi) is 7.56. The zero-order valence-corrected chi connectivity index (χ0v) is 16.6. The quantitative estimate of drug-likeness (QED) is 0.357. The van der Waals surface area contributed by atoms with E-state index in [0.29, 0.717) is 11.3 Å². The van der Waals surface area contributed by atoms with Crippen LogP contribution in [0.4, 0.5) is 14.5 Å². The molecule has 28 heavy (non-hydrogen) atoms. The van der Waals surface area contributed by atoms with Gasteiger partial charge in [-0.05, 0) is 43.3 Å². The van der Waals surface area contributed by atoms with Crippen LogP contribution in [0.2, 0.25) is 0 Å². The zero-order chi connectivity index (χ0) is 20.7. The lowest BCUT2D eigenvalue weighted by atomic mass is 10.2. The highest BCUT2D eigenvalue weighted by Gasteiger charge is 2.16. The molecule has 150 valence electrons. The Hall–Kier alpha value is -2.88. The number of carbonyl (C=O) groups is 1. The fraction of sp³-hybridized carbons (Fsp3) is 0.222. The Balaban J connectivity index is 2.03. The van der Waals surface area contributed by atoms with Gasteiger partial charge in [0.05, 0.1) is 7.11 Å². The number of anilines is 1. The molecule has 0 heterocycles. The number of hydrogen-bond donors (Lipinski definition) is 2. The second kappa shape index (κ2) is 9.88. The van der Waals surface area contributed by atoms with Gasteiger partial charge in [0.25, 0.3) is 5.91 Å². The summed E-state index contributed by atoms with van der Waals surface area (Å²) in [6.07, 6.45) is -0.930.